The van der Waals surface area contributed by atoms with E-state index < -0.39 is 5.97 Å². The zero-order valence-electron chi connectivity index (χ0n) is 13.2. The van der Waals surface area contributed by atoms with Gasteiger partial charge in [0.25, 0.3) is 0 Å². The van der Waals surface area contributed by atoms with Crippen LogP contribution in [0.2, 0.25) is 0 Å². The molecule has 2 aromatic heterocycles. The van der Waals surface area contributed by atoms with Crippen molar-refractivity contribution in [2.45, 2.75) is 19.9 Å². The van der Waals surface area contributed by atoms with Crippen LogP contribution in [0.4, 0.5) is 0 Å². The number of carbonyl (C=O) groups is 2. The van der Waals surface area contributed by atoms with E-state index in [-0.39, 0.29) is 11.9 Å². The third-order valence-electron chi connectivity index (χ3n) is 3.23. The van der Waals surface area contributed by atoms with E-state index in [9.17, 15) is 9.59 Å². The second-order valence-electron chi connectivity index (χ2n) is 4.93. The molecule has 2 heterocycles. The number of pyridine rings is 1. The molecule has 1 amide bonds. The van der Waals surface area contributed by atoms with Crippen LogP contribution in [0.15, 0.2) is 41.0 Å². The molecule has 0 spiro atoms. The monoisotopic (exact) mass is 314 g/mol. The van der Waals surface area contributed by atoms with Crippen LogP contribution < -0.4 is 5.32 Å². The van der Waals surface area contributed by atoms with Gasteiger partial charge in [0.1, 0.15) is 17.1 Å². The summed E-state index contributed by atoms with van der Waals surface area (Å²) in [4.78, 5) is 27.6. The number of carbonyl (C=O) groups excluding carboxylic acids is 2. The van der Waals surface area contributed by atoms with Gasteiger partial charge in [-0.2, -0.15) is 0 Å². The average molecular weight is 314 g/mol. The summed E-state index contributed by atoms with van der Waals surface area (Å²) in [6.07, 6.45) is 4.52. The highest BCUT2D eigenvalue weighted by atomic mass is 16.5. The Kier molecular flexibility index (Phi) is 5.30. The summed E-state index contributed by atoms with van der Waals surface area (Å²) < 4.78 is 10.0. The van der Waals surface area contributed by atoms with Gasteiger partial charge in [-0.3, -0.25) is 9.78 Å². The van der Waals surface area contributed by atoms with Crippen molar-refractivity contribution in [3.63, 3.8) is 0 Å². The summed E-state index contributed by atoms with van der Waals surface area (Å²) in [7, 11) is 1.30. The van der Waals surface area contributed by atoms with E-state index in [0.717, 1.165) is 5.69 Å². The number of aryl methyl sites for hydroxylation is 1. The topological polar surface area (TPSA) is 81.4 Å². The maximum absolute atomic E-state index is 11.9. The molecule has 2 rings (SSSR count). The number of furan rings is 1. The second-order valence-corrected chi connectivity index (χ2v) is 4.93. The third-order valence-corrected chi connectivity index (χ3v) is 3.23. The molecule has 2 aromatic rings. The van der Waals surface area contributed by atoms with Crippen LogP contribution in [-0.2, 0) is 9.53 Å². The van der Waals surface area contributed by atoms with Gasteiger partial charge in [0.15, 0.2) is 0 Å². The van der Waals surface area contributed by atoms with Gasteiger partial charge in [0.2, 0.25) is 5.91 Å². The zero-order chi connectivity index (χ0) is 16.8. The fourth-order valence-corrected chi connectivity index (χ4v) is 2.03. The lowest BCUT2D eigenvalue weighted by Crippen LogP contribution is -2.25. The SMILES string of the molecule is COC(=O)c1cc(C=CC(=O)NC(C)c2ccccn2)oc1C. The molecule has 1 atom stereocenters. The summed E-state index contributed by atoms with van der Waals surface area (Å²) in [6.45, 7) is 3.51. The Hall–Kier alpha value is -2.89. The average Bonchev–Trinajstić information content (AvgIpc) is 2.94. The molecule has 0 radical (unpaired) electrons. The number of aromatic nitrogens is 1. The minimum absolute atomic E-state index is 0.211. The first kappa shape index (κ1) is 16.5. The van der Waals surface area contributed by atoms with Crippen LogP contribution in [0, 0.1) is 6.92 Å². The van der Waals surface area contributed by atoms with Gasteiger partial charge >= 0.3 is 5.97 Å². The Morgan fingerprint density at radius 2 is 2.17 bits per heavy atom. The number of nitrogens with zero attached hydrogens (tertiary/aromatic N) is 1. The van der Waals surface area contributed by atoms with Crippen LogP contribution >= 0.6 is 0 Å². The second kappa shape index (κ2) is 7.40. The summed E-state index contributed by atoms with van der Waals surface area (Å²) in [5.41, 5.74) is 1.12. The number of amides is 1. The molecule has 0 aliphatic rings. The van der Waals surface area contributed by atoms with Gasteiger partial charge in [-0.25, -0.2) is 4.79 Å². The summed E-state index contributed by atoms with van der Waals surface area (Å²) >= 11 is 0. The molecule has 120 valence electrons. The predicted octanol–water partition coefficient (Wildman–Crippen LogP) is 2.66. The van der Waals surface area contributed by atoms with E-state index in [1.54, 1.807) is 13.1 Å². The maximum atomic E-state index is 11.9. The molecule has 1 N–H and O–H groups in total. The fourth-order valence-electron chi connectivity index (χ4n) is 2.03. The van der Waals surface area contributed by atoms with Crippen molar-refractivity contribution in [1.29, 1.82) is 0 Å². The fraction of sp³-hybridized carbons (Fsp3) is 0.235. The smallest absolute Gasteiger partial charge is 0.341 e. The first-order valence-corrected chi connectivity index (χ1v) is 7.09. The van der Waals surface area contributed by atoms with Crippen molar-refractivity contribution in [3.05, 3.63) is 59.3 Å². The number of ether oxygens (including phenoxy) is 1. The Morgan fingerprint density at radius 3 is 2.83 bits per heavy atom. The lowest BCUT2D eigenvalue weighted by atomic mass is 10.2. The van der Waals surface area contributed by atoms with Gasteiger partial charge in [0.05, 0.1) is 18.8 Å². The molecule has 0 fully saturated rings. The maximum Gasteiger partial charge on any atom is 0.341 e. The van der Waals surface area contributed by atoms with Crippen molar-refractivity contribution in [1.82, 2.24) is 10.3 Å². The Morgan fingerprint density at radius 1 is 1.39 bits per heavy atom. The summed E-state index contributed by atoms with van der Waals surface area (Å²) in [5.74, 6) is 0.0956. The minimum Gasteiger partial charge on any atom is -0.465 e. The lowest BCUT2D eigenvalue weighted by Gasteiger charge is -2.11. The first-order valence-electron chi connectivity index (χ1n) is 7.09. The molecular formula is C17H18N2O4. The van der Waals surface area contributed by atoms with E-state index in [2.05, 4.69) is 15.0 Å². The number of rotatable bonds is 5. The highest BCUT2D eigenvalue weighted by molar-refractivity contribution is 5.93. The molecule has 0 aliphatic carbocycles. The highest BCUT2D eigenvalue weighted by Gasteiger charge is 2.14. The zero-order valence-corrected chi connectivity index (χ0v) is 13.2. The van der Waals surface area contributed by atoms with E-state index in [0.29, 0.717) is 17.1 Å². The van der Waals surface area contributed by atoms with Crippen LogP contribution in [0.5, 0.6) is 0 Å². The molecule has 6 heteroatoms. The van der Waals surface area contributed by atoms with Crippen LogP contribution in [0.25, 0.3) is 6.08 Å². The van der Waals surface area contributed by atoms with Crippen molar-refractivity contribution in [2.75, 3.05) is 7.11 Å². The molecule has 6 nitrogen and oxygen atoms in total. The van der Waals surface area contributed by atoms with E-state index in [1.807, 2.05) is 25.1 Å². The highest BCUT2D eigenvalue weighted by Crippen LogP contribution is 2.17. The molecule has 0 aliphatic heterocycles. The largest absolute Gasteiger partial charge is 0.465 e. The van der Waals surface area contributed by atoms with E-state index in [4.69, 9.17) is 4.42 Å². The quantitative estimate of drug-likeness (QED) is 0.678. The number of hydrogen-bond donors (Lipinski definition) is 1. The predicted molar refractivity (Wildman–Crippen MR) is 84.6 cm³/mol. The lowest BCUT2D eigenvalue weighted by molar-refractivity contribution is -0.117. The van der Waals surface area contributed by atoms with Gasteiger partial charge in [-0.1, -0.05) is 6.07 Å². The summed E-state index contributed by atoms with van der Waals surface area (Å²) in [6, 6.07) is 6.84. The van der Waals surface area contributed by atoms with E-state index >= 15 is 0 Å². The van der Waals surface area contributed by atoms with Gasteiger partial charge < -0.3 is 14.5 Å². The van der Waals surface area contributed by atoms with Gasteiger partial charge in [0, 0.05) is 12.3 Å². The molecule has 0 aromatic carbocycles. The standard InChI is InChI=1S/C17H18N2O4/c1-11(15-6-4-5-9-18-15)19-16(20)8-7-13-10-14(12(2)23-13)17(21)22-3/h4-11H,1-3H3,(H,19,20). The molecule has 0 saturated heterocycles. The van der Waals surface area contributed by atoms with Gasteiger partial charge in [-0.05, 0) is 38.1 Å². The molecule has 1 unspecified atom stereocenters. The molecule has 0 saturated carbocycles. The van der Waals surface area contributed by atoms with Crippen molar-refractivity contribution < 1.29 is 18.7 Å². The molecular weight excluding hydrogens is 296 g/mol. The van der Waals surface area contributed by atoms with Gasteiger partial charge in [-0.15, -0.1) is 0 Å². The minimum atomic E-state index is -0.473. The number of esters is 1. The van der Waals surface area contributed by atoms with Crippen molar-refractivity contribution in [2.24, 2.45) is 0 Å². The Balaban J connectivity index is 2.00. The third kappa shape index (κ3) is 4.29. The number of methoxy groups -OCH3 is 1. The van der Waals surface area contributed by atoms with E-state index in [1.165, 1.54) is 25.3 Å². The normalized spacial score (nSPS) is 12.1. The number of hydrogen-bond acceptors (Lipinski definition) is 5. The molecule has 0 bridgehead atoms. The van der Waals surface area contributed by atoms with Crippen molar-refractivity contribution >= 4 is 18.0 Å². The van der Waals surface area contributed by atoms with Crippen LogP contribution in [0.1, 0.15) is 40.5 Å². The first-order chi connectivity index (χ1) is 11.0. The van der Waals surface area contributed by atoms with Crippen molar-refractivity contribution in [3.8, 4) is 0 Å². The number of nitrogens with one attached hydrogen (secondary N) is 1. The Bertz CT molecular complexity index is 719. The Labute approximate surface area is 134 Å². The van der Waals surface area contributed by atoms with Crippen LogP contribution in [-0.4, -0.2) is 24.0 Å². The van der Waals surface area contributed by atoms with Crippen LogP contribution in [0.3, 0.4) is 0 Å². The summed E-state index contributed by atoms with van der Waals surface area (Å²) in [5, 5.41) is 2.80. The molecule has 23 heavy (non-hydrogen) atoms.